The van der Waals surface area contributed by atoms with E-state index in [1.807, 2.05) is 6.07 Å². The second-order valence-corrected chi connectivity index (χ2v) is 7.33. The van der Waals surface area contributed by atoms with Gasteiger partial charge < -0.3 is 9.47 Å². The van der Waals surface area contributed by atoms with Crippen molar-refractivity contribution in [3.63, 3.8) is 0 Å². The monoisotopic (exact) mass is 486 g/mol. The summed E-state index contributed by atoms with van der Waals surface area (Å²) in [5.74, 6) is -0.116. The summed E-state index contributed by atoms with van der Waals surface area (Å²) in [5.41, 5.74) is 3.30. The summed E-state index contributed by atoms with van der Waals surface area (Å²) in [4.78, 5) is 24.2. The molecule has 1 amide bonds. The highest BCUT2D eigenvalue weighted by Gasteiger charge is 2.11. The Hall–Kier alpha value is -3.16. The van der Waals surface area contributed by atoms with Crippen molar-refractivity contribution in [3.05, 3.63) is 93.4 Å². The van der Waals surface area contributed by atoms with Crippen LogP contribution in [-0.4, -0.2) is 24.7 Å². The Kier molecular flexibility index (Phi) is 7.59. The first-order chi connectivity index (χ1) is 14.5. The number of benzene rings is 3. The van der Waals surface area contributed by atoms with Crippen LogP contribution in [-0.2, 0) is 4.79 Å². The maximum absolute atomic E-state index is 12.3. The zero-order valence-corrected chi connectivity index (χ0v) is 17.9. The van der Waals surface area contributed by atoms with Gasteiger partial charge in [0.25, 0.3) is 5.91 Å². The molecule has 8 heteroatoms. The van der Waals surface area contributed by atoms with Crippen LogP contribution < -0.4 is 14.9 Å². The molecule has 30 heavy (non-hydrogen) atoms. The molecule has 0 aliphatic rings. The van der Waals surface area contributed by atoms with Crippen molar-refractivity contribution in [2.24, 2.45) is 5.10 Å². The molecule has 1 N–H and O–H groups in total. The van der Waals surface area contributed by atoms with E-state index < -0.39 is 11.9 Å². The molecule has 0 saturated carbocycles. The van der Waals surface area contributed by atoms with E-state index in [0.717, 1.165) is 4.47 Å². The lowest BCUT2D eigenvalue weighted by Gasteiger charge is -2.08. The predicted octanol–water partition coefficient (Wildman–Crippen LogP) is 4.85. The van der Waals surface area contributed by atoms with E-state index in [2.05, 4.69) is 26.5 Å². The van der Waals surface area contributed by atoms with Gasteiger partial charge in [0.15, 0.2) is 6.61 Å². The number of ether oxygens (including phenoxy) is 2. The first-order valence-corrected chi connectivity index (χ1v) is 9.95. The van der Waals surface area contributed by atoms with Crippen molar-refractivity contribution < 1.29 is 19.1 Å². The molecule has 0 radical (unpaired) electrons. The fourth-order valence-electron chi connectivity index (χ4n) is 2.33. The number of hydrogen-bond acceptors (Lipinski definition) is 5. The van der Waals surface area contributed by atoms with Crippen LogP contribution in [0.2, 0.25) is 5.02 Å². The van der Waals surface area contributed by atoms with E-state index in [9.17, 15) is 9.59 Å². The van der Waals surface area contributed by atoms with Crippen LogP contribution in [0, 0.1) is 0 Å². The minimum atomic E-state index is -0.493. The third-order valence-corrected chi connectivity index (χ3v) is 4.51. The first kappa shape index (κ1) is 21.5. The Morgan fingerprint density at radius 3 is 2.50 bits per heavy atom. The third kappa shape index (κ3) is 6.43. The standard InChI is InChI=1S/C22H16BrClN2O4/c23-17-6-11-20(30-22(28)15-4-2-1-3-5-15)16(12-17)13-25-26-21(27)14-29-19-9-7-18(24)8-10-19/h1-13H,14H2,(H,26,27)/b25-13-. The molecule has 152 valence electrons. The van der Waals surface area contributed by atoms with Gasteiger partial charge in [0.2, 0.25) is 0 Å². The minimum absolute atomic E-state index is 0.215. The molecule has 0 spiro atoms. The van der Waals surface area contributed by atoms with Crippen LogP contribution in [0.15, 0.2) is 82.4 Å². The van der Waals surface area contributed by atoms with Gasteiger partial charge in [-0.3, -0.25) is 4.79 Å². The van der Waals surface area contributed by atoms with E-state index in [1.165, 1.54) is 6.21 Å². The molecule has 3 rings (SSSR count). The molecule has 3 aromatic carbocycles. The second-order valence-electron chi connectivity index (χ2n) is 5.97. The van der Waals surface area contributed by atoms with Crippen molar-refractivity contribution in [1.82, 2.24) is 5.43 Å². The van der Waals surface area contributed by atoms with Gasteiger partial charge in [-0.05, 0) is 54.6 Å². The average Bonchev–Trinajstić information content (AvgIpc) is 2.75. The van der Waals surface area contributed by atoms with Crippen LogP contribution in [0.5, 0.6) is 11.5 Å². The van der Waals surface area contributed by atoms with E-state index in [1.54, 1.807) is 66.7 Å². The highest BCUT2D eigenvalue weighted by molar-refractivity contribution is 9.10. The molecule has 0 bridgehead atoms. The predicted molar refractivity (Wildman–Crippen MR) is 118 cm³/mol. The number of carbonyl (C=O) groups excluding carboxylic acids is 2. The maximum Gasteiger partial charge on any atom is 0.343 e. The van der Waals surface area contributed by atoms with Gasteiger partial charge in [-0.15, -0.1) is 0 Å². The molecule has 6 nitrogen and oxygen atoms in total. The Morgan fingerprint density at radius 2 is 1.77 bits per heavy atom. The van der Waals surface area contributed by atoms with Gasteiger partial charge in [-0.25, -0.2) is 10.2 Å². The van der Waals surface area contributed by atoms with Crippen LogP contribution >= 0.6 is 27.5 Å². The van der Waals surface area contributed by atoms with Gasteiger partial charge in [0.05, 0.1) is 11.8 Å². The average molecular weight is 488 g/mol. The number of carbonyl (C=O) groups is 2. The maximum atomic E-state index is 12.3. The molecule has 0 aliphatic carbocycles. The van der Waals surface area contributed by atoms with Crippen molar-refractivity contribution >= 4 is 45.6 Å². The summed E-state index contributed by atoms with van der Waals surface area (Å²) in [6.45, 7) is -0.215. The van der Waals surface area contributed by atoms with Crippen molar-refractivity contribution in [3.8, 4) is 11.5 Å². The number of hydrogen-bond donors (Lipinski definition) is 1. The zero-order valence-electron chi connectivity index (χ0n) is 15.5. The third-order valence-electron chi connectivity index (χ3n) is 3.76. The quantitative estimate of drug-likeness (QED) is 0.224. The Bertz CT molecular complexity index is 1060. The highest BCUT2D eigenvalue weighted by Crippen LogP contribution is 2.23. The fourth-order valence-corrected chi connectivity index (χ4v) is 2.84. The lowest BCUT2D eigenvalue weighted by Crippen LogP contribution is -2.24. The smallest absolute Gasteiger partial charge is 0.343 e. The number of halogens is 2. The summed E-state index contributed by atoms with van der Waals surface area (Å²) in [6.07, 6.45) is 1.39. The molecule has 0 aliphatic heterocycles. The molecule has 3 aromatic rings. The number of esters is 1. The lowest BCUT2D eigenvalue weighted by molar-refractivity contribution is -0.123. The van der Waals surface area contributed by atoms with Crippen molar-refractivity contribution in [1.29, 1.82) is 0 Å². The van der Waals surface area contributed by atoms with Crippen LogP contribution in [0.1, 0.15) is 15.9 Å². The van der Waals surface area contributed by atoms with Crippen LogP contribution in [0.25, 0.3) is 0 Å². The molecule has 0 saturated heterocycles. The number of hydrazone groups is 1. The Labute approximate surface area is 186 Å². The SMILES string of the molecule is O=C(COc1ccc(Cl)cc1)N/N=C\c1cc(Br)ccc1OC(=O)c1ccccc1. The molecule has 0 unspecified atom stereocenters. The molecular formula is C22H16BrClN2O4. The number of amides is 1. The minimum Gasteiger partial charge on any atom is -0.484 e. The molecular weight excluding hydrogens is 472 g/mol. The summed E-state index contributed by atoms with van der Waals surface area (Å²) < 4.78 is 11.6. The van der Waals surface area contributed by atoms with Crippen molar-refractivity contribution in [2.45, 2.75) is 0 Å². The molecule has 0 aromatic heterocycles. The van der Waals surface area contributed by atoms with E-state index in [0.29, 0.717) is 27.6 Å². The summed E-state index contributed by atoms with van der Waals surface area (Å²) in [7, 11) is 0. The normalized spacial score (nSPS) is 10.6. The number of nitrogens with one attached hydrogen (secondary N) is 1. The van der Waals surface area contributed by atoms with E-state index in [4.69, 9.17) is 21.1 Å². The largest absolute Gasteiger partial charge is 0.484 e. The second kappa shape index (κ2) is 10.6. The summed E-state index contributed by atoms with van der Waals surface area (Å²) in [5, 5.41) is 4.49. The van der Waals surface area contributed by atoms with Gasteiger partial charge in [0, 0.05) is 15.1 Å². The molecule has 0 heterocycles. The Balaban J connectivity index is 1.60. The molecule has 0 atom stereocenters. The highest BCUT2D eigenvalue weighted by atomic mass is 79.9. The topological polar surface area (TPSA) is 77.0 Å². The number of rotatable bonds is 7. The van der Waals surface area contributed by atoms with E-state index >= 15 is 0 Å². The Morgan fingerprint density at radius 1 is 1.03 bits per heavy atom. The lowest BCUT2D eigenvalue weighted by atomic mass is 10.2. The van der Waals surface area contributed by atoms with Gasteiger partial charge in [0.1, 0.15) is 11.5 Å². The van der Waals surface area contributed by atoms with Gasteiger partial charge in [-0.2, -0.15) is 5.10 Å². The number of nitrogens with zero attached hydrogens (tertiary/aromatic N) is 1. The summed E-state index contributed by atoms with van der Waals surface area (Å²) >= 11 is 9.17. The molecule has 0 fully saturated rings. The fraction of sp³-hybridized carbons (Fsp3) is 0.0455. The summed E-state index contributed by atoms with van der Waals surface area (Å²) in [6, 6.07) is 20.4. The van der Waals surface area contributed by atoms with E-state index in [-0.39, 0.29) is 6.61 Å². The van der Waals surface area contributed by atoms with Gasteiger partial charge >= 0.3 is 5.97 Å². The van der Waals surface area contributed by atoms with Crippen LogP contribution in [0.3, 0.4) is 0 Å². The van der Waals surface area contributed by atoms with Gasteiger partial charge in [-0.1, -0.05) is 45.7 Å². The van der Waals surface area contributed by atoms with Crippen molar-refractivity contribution in [2.75, 3.05) is 6.61 Å². The zero-order chi connectivity index (χ0) is 21.3. The first-order valence-electron chi connectivity index (χ1n) is 8.78. The van der Waals surface area contributed by atoms with Crippen LogP contribution in [0.4, 0.5) is 0 Å².